The molecular weight excluding hydrogens is 272 g/mol. The third kappa shape index (κ3) is 3.33. The number of hydrogen-bond acceptors (Lipinski definition) is 4. The van der Waals surface area contributed by atoms with Crippen molar-refractivity contribution in [2.75, 3.05) is 0 Å². The second-order valence-electron chi connectivity index (χ2n) is 4.37. The largest absolute Gasteiger partial charge is 0.507 e. The molecule has 2 rings (SSSR count). The Kier molecular flexibility index (Phi) is 4.13. The quantitative estimate of drug-likeness (QED) is 0.786. The van der Waals surface area contributed by atoms with E-state index in [2.05, 4.69) is 6.58 Å². The van der Waals surface area contributed by atoms with Crippen molar-refractivity contribution in [2.24, 2.45) is 0 Å². The summed E-state index contributed by atoms with van der Waals surface area (Å²) in [6.07, 6.45) is 1.54. The molecule has 0 bridgehead atoms. The van der Waals surface area contributed by atoms with Crippen LogP contribution in [0.15, 0.2) is 43.0 Å². The zero-order valence-corrected chi connectivity index (χ0v) is 11.1. The van der Waals surface area contributed by atoms with Crippen LogP contribution < -0.4 is 4.74 Å². The number of rotatable bonds is 5. The predicted octanol–water partition coefficient (Wildman–Crippen LogP) is 3.02. The molecule has 0 saturated carbocycles. The lowest BCUT2D eigenvalue weighted by Crippen LogP contribution is -2.00. The summed E-state index contributed by atoms with van der Waals surface area (Å²) < 4.78 is 5.45. The first-order valence-electron chi connectivity index (χ1n) is 6.14. The number of hydrogen-bond donors (Lipinski definition) is 3. The Morgan fingerprint density at radius 1 is 1.14 bits per heavy atom. The second-order valence-corrected chi connectivity index (χ2v) is 4.37. The molecule has 0 aliphatic rings. The van der Waals surface area contributed by atoms with Crippen LogP contribution in [-0.4, -0.2) is 21.3 Å². The van der Waals surface area contributed by atoms with Crippen molar-refractivity contribution in [1.82, 2.24) is 0 Å². The van der Waals surface area contributed by atoms with Crippen molar-refractivity contribution in [3.63, 3.8) is 0 Å². The maximum atomic E-state index is 10.9. The van der Waals surface area contributed by atoms with Gasteiger partial charge in [0.2, 0.25) is 0 Å². The average Bonchev–Trinajstić information content (AvgIpc) is 2.46. The zero-order chi connectivity index (χ0) is 15.4. The molecule has 0 aliphatic heterocycles. The minimum atomic E-state index is -1.23. The fourth-order valence-electron chi connectivity index (χ4n) is 1.79. The fourth-order valence-corrected chi connectivity index (χ4v) is 1.79. The minimum Gasteiger partial charge on any atom is -0.507 e. The summed E-state index contributed by atoms with van der Waals surface area (Å²) in [6.45, 7) is 3.74. The number of aromatic carboxylic acids is 1. The van der Waals surface area contributed by atoms with Gasteiger partial charge in [0.25, 0.3) is 0 Å². The molecule has 5 heteroatoms. The Morgan fingerprint density at radius 2 is 1.90 bits per heavy atom. The Labute approximate surface area is 121 Å². The summed E-state index contributed by atoms with van der Waals surface area (Å²) >= 11 is 0. The summed E-state index contributed by atoms with van der Waals surface area (Å²) in [4.78, 5) is 10.9. The average molecular weight is 286 g/mol. The topological polar surface area (TPSA) is 87.0 Å². The number of carbonyl (C=O) groups is 1. The molecule has 0 fully saturated rings. The second kappa shape index (κ2) is 6.00. The minimum absolute atomic E-state index is 0.100. The van der Waals surface area contributed by atoms with Crippen molar-refractivity contribution in [3.05, 3.63) is 59.7 Å². The van der Waals surface area contributed by atoms with Crippen molar-refractivity contribution in [3.8, 4) is 17.2 Å². The monoisotopic (exact) mass is 286 g/mol. The Balaban J connectivity index is 2.13. The molecule has 2 aromatic carbocycles. The van der Waals surface area contributed by atoms with Gasteiger partial charge in [-0.1, -0.05) is 24.8 Å². The number of ether oxygens (including phenoxy) is 1. The zero-order valence-electron chi connectivity index (χ0n) is 11.1. The van der Waals surface area contributed by atoms with Crippen LogP contribution in [-0.2, 0) is 6.61 Å². The van der Waals surface area contributed by atoms with Crippen LogP contribution >= 0.6 is 0 Å². The SMILES string of the molecule is C=Cc1ccc(COc2ccc(O)c(C(=O)O)c2)cc1O. The summed E-state index contributed by atoms with van der Waals surface area (Å²) in [5.41, 5.74) is 1.12. The van der Waals surface area contributed by atoms with Gasteiger partial charge in [-0.05, 0) is 29.8 Å². The molecule has 0 saturated heterocycles. The maximum absolute atomic E-state index is 10.9. The van der Waals surface area contributed by atoms with Crippen molar-refractivity contribution >= 4 is 12.0 Å². The maximum Gasteiger partial charge on any atom is 0.339 e. The number of carboxylic acids is 1. The number of aromatic hydroxyl groups is 2. The van der Waals surface area contributed by atoms with Crippen molar-refractivity contribution in [1.29, 1.82) is 0 Å². The predicted molar refractivity (Wildman–Crippen MR) is 77.6 cm³/mol. The lowest BCUT2D eigenvalue weighted by molar-refractivity contribution is 0.0693. The molecule has 2 aromatic rings. The Morgan fingerprint density at radius 3 is 2.52 bits per heavy atom. The van der Waals surface area contributed by atoms with E-state index in [-0.39, 0.29) is 23.7 Å². The lowest BCUT2D eigenvalue weighted by Gasteiger charge is -2.09. The van der Waals surface area contributed by atoms with Gasteiger partial charge < -0.3 is 20.1 Å². The van der Waals surface area contributed by atoms with Crippen LogP contribution in [0.1, 0.15) is 21.5 Å². The van der Waals surface area contributed by atoms with Gasteiger partial charge in [-0.25, -0.2) is 4.79 Å². The van der Waals surface area contributed by atoms with E-state index in [9.17, 15) is 15.0 Å². The van der Waals surface area contributed by atoms with Gasteiger partial charge in [0, 0.05) is 5.56 Å². The van der Waals surface area contributed by atoms with E-state index >= 15 is 0 Å². The summed E-state index contributed by atoms with van der Waals surface area (Å²) in [7, 11) is 0. The van der Waals surface area contributed by atoms with Gasteiger partial charge >= 0.3 is 5.97 Å². The number of carboxylic acid groups (broad SMARTS) is 1. The van der Waals surface area contributed by atoms with Gasteiger partial charge in [-0.15, -0.1) is 0 Å². The van der Waals surface area contributed by atoms with E-state index in [1.165, 1.54) is 18.2 Å². The number of phenols is 2. The van der Waals surface area contributed by atoms with E-state index in [0.29, 0.717) is 11.3 Å². The summed E-state index contributed by atoms with van der Waals surface area (Å²) in [5.74, 6) is -1.13. The third-order valence-corrected chi connectivity index (χ3v) is 2.92. The van der Waals surface area contributed by atoms with E-state index in [1.807, 2.05) is 0 Å². The summed E-state index contributed by atoms with van der Waals surface area (Å²) in [5, 5.41) is 28.0. The molecule has 21 heavy (non-hydrogen) atoms. The van der Waals surface area contributed by atoms with Crippen LogP contribution in [0.5, 0.6) is 17.2 Å². The van der Waals surface area contributed by atoms with Gasteiger partial charge in [0.1, 0.15) is 29.4 Å². The van der Waals surface area contributed by atoms with E-state index < -0.39 is 5.97 Å². The first-order valence-corrected chi connectivity index (χ1v) is 6.14. The van der Waals surface area contributed by atoms with Crippen LogP contribution in [0.3, 0.4) is 0 Å². The Hall–Kier alpha value is -2.95. The molecule has 0 amide bonds. The molecule has 0 radical (unpaired) electrons. The summed E-state index contributed by atoms with van der Waals surface area (Å²) in [6, 6.07) is 9.01. The highest BCUT2D eigenvalue weighted by Crippen LogP contribution is 2.25. The molecule has 0 spiro atoms. The molecule has 5 nitrogen and oxygen atoms in total. The van der Waals surface area contributed by atoms with Gasteiger partial charge in [0.15, 0.2) is 0 Å². The highest BCUT2D eigenvalue weighted by molar-refractivity contribution is 5.91. The first-order chi connectivity index (χ1) is 10.0. The number of phenolic OH excluding ortho intramolecular Hbond substituents is 1. The van der Waals surface area contributed by atoms with Crippen LogP contribution in [0.25, 0.3) is 6.08 Å². The molecule has 0 unspecified atom stereocenters. The molecule has 0 heterocycles. The number of benzene rings is 2. The molecule has 108 valence electrons. The molecule has 0 aliphatic carbocycles. The van der Waals surface area contributed by atoms with Crippen molar-refractivity contribution < 1.29 is 24.9 Å². The highest BCUT2D eigenvalue weighted by atomic mass is 16.5. The standard InChI is InChI=1S/C16H14O5/c1-2-11-4-3-10(7-15(11)18)9-21-12-5-6-14(17)13(8-12)16(19)20/h2-8,17-18H,1,9H2,(H,19,20). The molecule has 0 atom stereocenters. The van der Waals surface area contributed by atoms with Gasteiger partial charge in [0.05, 0.1) is 0 Å². The van der Waals surface area contributed by atoms with E-state index in [1.54, 1.807) is 24.3 Å². The smallest absolute Gasteiger partial charge is 0.339 e. The first kappa shape index (κ1) is 14.5. The van der Waals surface area contributed by atoms with E-state index in [0.717, 1.165) is 5.56 Å². The van der Waals surface area contributed by atoms with Crippen LogP contribution in [0.2, 0.25) is 0 Å². The lowest BCUT2D eigenvalue weighted by atomic mass is 10.1. The highest BCUT2D eigenvalue weighted by Gasteiger charge is 2.11. The fraction of sp³-hybridized carbons (Fsp3) is 0.0625. The normalized spacial score (nSPS) is 10.1. The van der Waals surface area contributed by atoms with Crippen LogP contribution in [0.4, 0.5) is 0 Å². The third-order valence-electron chi connectivity index (χ3n) is 2.92. The van der Waals surface area contributed by atoms with Gasteiger partial charge in [-0.3, -0.25) is 0 Å². The Bertz CT molecular complexity index is 691. The molecule has 3 N–H and O–H groups in total. The van der Waals surface area contributed by atoms with Crippen molar-refractivity contribution in [2.45, 2.75) is 6.61 Å². The van der Waals surface area contributed by atoms with E-state index in [4.69, 9.17) is 9.84 Å². The van der Waals surface area contributed by atoms with Gasteiger partial charge in [-0.2, -0.15) is 0 Å². The molecule has 0 aromatic heterocycles. The molecular formula is C16H14O5. The van der Waals surface area contributed by atoms with Crippen LogP contribution in [0, 0.1) is 0 Å².